The summed E-state index contributed by atoms with van der Waals surface area (Å²) in [4.78, 5) is 22.2. The molecule has 0 spiro atoms. The lowest BCUT2D eigenvalue weighted by Crippen LogP contribution is -2.09. The molecule has 0 aromatic heterocycles. The van der Waals surface area contributed by atoms with Crippen molar-refractivity contribution in [3.63, 3.8) is 0 Å². The minimum Gasteiger partial charge on any atom is -0.449 e. The van der Waals surface area contributed by atoms with Crippen LogP contribution in [0.2, 0.25) is 0 Å². The normalized spacial score (nSPS) is 9.48. The highest BCUT2D eigenvalue weighted by Crippen LogP contribution is 2.16. The van der Waals surface area contributed by atoms with Crippen LogP contribution >= 0.6 is 0 Å². The van der Waals surface area contributed by atoms with Gasteiger partial charge in [-0.3, -0.25) is 0 Å². The first kappa shape index (κ1) is 14.1. The van der Waals surface area contributed by atoms with Gasteiger partial charge in [0.1, 0.15) is 11.5 Å². The van der Waals surface area contributed by atoms with Gasteiger partial charge in [0.05, 0.1) is 17.2 Å². The average Bonchev–Trinajstić information content (AvgIpc) is 2.48. The van der Waals surface area contributed by atoms with Crippen LogP contribution < -0.4 is 9.47 Å². The van der Waals surface area contributed by atoms with Gasteiger partial charge in [0.25, 0.3) is 0 Å². The maximum atomic E-state index is 11.9. The van der Waals surface area contributed by atoms with E-state index in [1.54, 1.807) is 0 Å². The average molecular weight is 283 g/mol. The van der Waals surface area contributed by atoms with Crippen molar-refractivity contribution < 1.29 is 24.2 Å². The third-order valence-electron chi connectivity index (χ3n) is 2.49. The van der Waals surface area contributed by atoms with E-state index in [0.717, 1.165) is 0 Å². The molecular formula is C15H9NO5. The van der Waals surface area contributed by atoms with Crippen LogP contribution in [-0.4, -0.2) is 17.2 Å². The van der Waals surface area contributed by atoms with Crippen molar-refractivity contribution in [3.05, 3.63) is 59.7 Å². The lowest BCUT2D eigenvalue weighted by molar-refractivity contribution is 0.0734. The monoisotopic (exact) mass is 283 g/mol. The fourth-order valence-corrected chi connectivity index (χ4v) is 1.52. The molecule has 6 nitrogen and oxygen atoms in total. The molecule has 6 heteroatoms. The van der Waals surface area contributed by atoms with Crippen LogP contribution in [0.1, 0.15) is 15.9 Å². The highest BCUT2D eigenvalue weighted by atomic mass is 16.7. The summed E-state index contributed by atoms with van der Waals surface area (Å²) in [6.45, 7) is 0. The van der Waals surface area contributed by atoms with Gasteiger partial charge in [-0.05, 0) is 48.5 Å². The van der Waals surface area contributed by atoms with Gasteiger partial charge in [-0.15, -0.1) is 0 Å². The Bertz CT molecular complexity index is 698. The largest absolute Gasteiger partial charge is 0.511 e. The summed E-state index contributed by atoms with van der Waals surface area (Å²) in [6, 6.07) is 13.5. The Morgan fingerprint density at radius 3 is 1.95 bits per heavy atom. The zero-order valence-corrected chi connectivity index (χ0v) is 10.6. The van der Waals surface area contributed by atoms with E-state index in [0.29, 0.717) is 11.3 Å². The van der Waals surface area contributed by atoms with Crippen LogP contribution in [0.5, 0.6) is 11.5 Å². The Hall–Kier alpha value is -3.33. The van der Waals surface area contributed by atoms with E-state index >= 15 is 0 Å². The van der Waals surface area contributed by atoms with Gasteiger partial charge in [-0.2, -0.15) is 5.26 Å². The van der Waals surface area contributed by atoms with Crippen molar-refractivity contribution in [2.75, 3.05) is 0 Å². The molecule has 0 unspecified atom stereocenters. The molecule has 104 valence electrons. The number of benzene rings is 2. The first-order chi connectivity index (χ1) is 10.1. The molecule has 2 rings (SSSR count). The number of rotatable bonds is 3. The molecule has 0 radical (unpaired) electrons. The number of ether oxygens (including phenoxy) is 2. The summed E-state index contributed by atoms with van der Waals surface area (Å²) in [5.74, 6) is -0.177. The van der Waals surface area contributed by atoms with E-state index in [2.05, 4.69) is 4.74 Å². The molecule has 0 aliphatic heterocycles. The maximum absolute atomic E-state index is 11.9. The van der Waals surface area contributed by atoms with Crippen LogP contribution in [0.15, 0.2) is 48.5 Å². The second-order valence-corrected chi connectivity index (χ2v) is 3.92. The van der Waals surface area contributed by atoms with Crippen molar-refractivity contribution in [1.82, 2.24) is 0 Å². The number of hydrogen-bond acceptors (Lipinski definition) is 5. The van der Waals surface area contributed by atoms with Crippen molar-refractivity contribution in [2.45, 2.75) is 0 Å². The Labute approximate surface area is 119 Å². The van der Waals surface area contributed by atoms with Crippen LogP contribution in [0.25, 0.3) is 0 Å². The van der Waals surface area contributed by atoms with Crippen molar-refractivity contribution in [3.8, 4) is 17.6 Å². The number of carbonyl (C=O) groups excluding carboxylic acids is 1. The van der Waals surface area contributed by atoms with Gasteiger partial charge >= 0.3 is 12.1 Å². The Morgan fingerprint density at radius 2 is 1.43 bits per heavy atom. The van der Waals surface area contributed by atoms with Gasteiger partial charge in [0.2, 0.25) is 0 Å². The van der Waals surface area contributed by atoms with E-state index in [-0.39, 0.29) is 11.3 Å². The molecule has 1 N–H and O–H groups in total. The zero-order valence-electron chi connectivity index (χ0n) is 10.6. The van der Waals surface area contributed by atoms with Crippen LogP contribution in [0.3, 0.4) is 0 Å². The smallest absolute Gasteiger partial charge is 0.449 e. The molecule has 21 heavy (non-hydrogen) atoms. The summed E-state index contributed by atoms with van der Waals surface area (Å²) in [7, 11) is 0. The molecule has 2 aromatic carbocycles. The molecule has 2 aromatic rings. The molecular weight excluding hydrogens is 274 g/mol. The van der Waals surface area contributed by atoms with Crippen LogP contribution in [-0.2, 0) is 0 Å². The summed E-state index contributed by atoms with van der Waals surface area (Å²) in [5, 5.41) is 17.1. The lowest BCUT2D eigenvalue weighted by Gasteiger charge is -2.05. The van der Waals surface area contributed by atoms with E-state index < -0.39 is 12.1 Å². The van der Waals surface area contributed by atoms with Crippen molar-refractivity contribution >= 4 is 12.1 Å². The molecule has 0 saturated heterocycles. The van der Waals surface area contributed by atoms with E-state index in [1.165, 1.54) is 48.5 Å². The van der Waals surface area contributed by atoms with Gasteiger partial charge in [0.15, 0.2) is 0 Å². The second-order valence-electron chi connectivity index (χ2n) is 3.92. The third kappa shape index (κ3) is 3.81. The highest BCUT2D eigenvalue weighted by Gasteiger charge is 2.09. The quantitative estimate of drug-likeness (QED) is 0.528. The molecule has 0 aliphatic carbocycles. The topological polar surface area (TPSA) is 96.6 Å². The van der Waals surface area contributed by atoms with Gasteiger partial charge in [-0.1, -0.05) is 0 Å². The van der Waals surface area contributed by atoms with Crippen LogP contribution in [0.4, 0.5) is 4.79 Å². The third-order valence-corrected chi connectivity index (χ3v) is 2.49. The van der Waals surface area contributed by atoms with Gasteiger partial charge in [-0.25, -0.2) is 9.59 Å². The molecule has 0 saturated carbocycles. The summed E-state index contributed by atoms with van der Waals surface area (Å²) >= 11 is 0. The van der Waals surface area contributed by atoms with Gasteiger partial charge in [0, 0.05) is 0 Å². The Morgan fingerprint density at radius 1 is 0.905 bits per heavy atom. The fourth-order valence-electron chi connectivity index (χ4n) is 1.52. The minimum atomic E-state index is -1.43. The van der Waals surface area contributed by atoms with Crippen molar-refractivity contribution in [1.29, 1.82) is 5.26 Å². The summed E-state index contributed by atoms with van der Waals surface area (Å²) in [5.41, 5.74) is 0.710. The zero-order chi connectivity index (χ0) is 15.2. The second kappa shape index (κ2) is 6.21. The minimum absolute atomic E-state index is 0.109. The number of nitrogens with zero attached hydrogens (tertiary/aromatic N) is 1. The predicted octanol–water partition coefficient (Wildman–Crippen LogP) is 2.83. The molecule has 0 heterocycles. The summed E-state index contributed by atoms with van der Waals surface area (Å²) < 4.78 is 9.54. The van der Waals surface area contributed by atoms with E-state index in [9.17, 15) is 9.59 Å². The fraction of sp³-hybridized carbons (Fsp3) is 0. The van der Waals surface area contributed by atoms with Gasteiger partial charge < -0.3 is 14.6 Å². The standard InChI is InChI=1S/C15H9NO5/c16-9-10-1-5-12(6-2-10)20-14(17)11-3-7-13(8-4-11)21-15(18)19/h1-8H,(H,18,19). The molecule has 0 atom stereocenters. The lowest BCUT2D eigenvalue weighted by atomic mass is 10.2. The number of hydrogen-bond donors (Lipinski definition) is 1. The number of esters is 1. The number of nitriles is 1. The molecule has 0 aliphatic rings. The van der Waals surface area contributed by atoms with Crippen molar-refractivity contribution in [2.24, 2.45) is 0 Å². The van der Waals surface area contributed by atoms with Crippen LogP contribution in [0, 0.1) is 11.3 Å². The predicted molar refractivity (Wildman–Crippen MR) is 71.2 cm³/mol. The highest BCUT2D eigenvalue weighted by molar-refractivity contribution is 5.91. The van der Waals surface area contributed by atoms with E-state index in [4.69, 9.17) is 15.1 Å². The first-order valence-corrected chi connectivity index (χ1v) is 5.81. The first-order valence-electron chi connectivity index (χ1n) is 5.81. The molecule has 0 amide bonds. The number of carbonyl (C=O) groups is 2. The molecule has 0 bridgehead atoms. The Balaban J connectivity index is 2.05. The summed E-state index contributed by atoms with van der Waals surface area (Å²) in [6.07, 6.45) is -1.43. The Kier molecular flexibility index (Phi) is 4.17. The number of carboxylic acid groups (broad SMARTS) is 1. The molecule has 0 fully saturated rings. The SMILES string of the molecule is N#Cc1ccc(OC(=O)c2ccc(OC(=O)O)cc2)cc1. The van der Waals surface area contributed by atoms with E-state index in [1.807, 2.05) is 6.07 Å². The maximum Gasteiger partial charge on any atom is 0.511 e.